The number of carbonyl (C=O) groups is 1. The van der Waals surface area contributed by atoms with E-state index in [1.54, 1.807) is 0 Å². The van der Waals surface area contributed by atoms with E-state index >= 15 is 0 Å². The molecule has 3 nitrogen and oxygen atoms in total. The van der Waals surface area contributed by atoms with E-state index in [1.165, 1.54) is 25.9 Å². The van der Waals surface area contributed by atoms with Crippen LogP contribution in [0.15, 0.2) is 18.2 Å². The van der Waals surface area contributed by atoms with Crippen molar-refractivity contribution in [3.63, 3.8) is 0 Å². The maximum Gasteiger partial charge on any atom is 0.166 e. The molecule has 1 fully saturated rings. The third-order valence-corrected chi connectivity index (χ3v) is 5.61. The SMILES string of the molecule is CCC(C)C(=O)c1cc(OCCC2CCN(C)CC2)ccc1C(C)C. The summed E-state index contributed by atoms with van der Waals surface area (Å²) < 4.78 is 6.01. The number of nitrogens with zero attached hydrogens (tertiary/aromatic N) is 1. The predicted octanol–water partition coefficient (Wildman–Crippen LogP) is 5.15. The fourth-order valence-electron chi connectivity index (χ4n) is 3.49. The van der Waals surface area contributed by atoms with E-state index in [0.717, 1.165) is 42.2 Å². The van der Waals surface area contributed by atoms with Crippen LogP contribution in [0.2, 0.25) is 0 Å². The molecule has 1 aliphatic heterocycles. The number of benzene rings is 1. The molecule has 140 valence electrons. The van der Waals surface area contributed by atoms with Crippen LogP contribution in [0.5, 0.6) is 5.75 Å². The zero-order valence-corrected chi connectivity index (χ0v) is 16.7. The Labute approximate surface area is 153 Å². The number of ether oxygens (including phenoxy) is 1. The van der Waals surface area contributed by atoms with Crippen LogP contribution in [0.25, 0.3) is 0 Å². The Bertz CT molecular complexity index is 559. The summed E-state index contributed by atoms with van der Waals surface area (Å²) in [5, 5.41) is 0. The van der Waals surface area contributed by atoms with E-state index < -0.39 is 0 Å². The lowest BCUT2D eigenvalue weighted by atomic mass is 9.89. The topological polar surface area (TPSA) is 29.5 Å². The summed E-state index contributed by atoms with van der Waals surface area (Å²) in [6.45, 7) is 11.5. The standard InChI is InChI=1S/C22H35NO2/c1-6-17(4)22(24)21-15-19(7-8-20(21)16(2)3)25-14-11-18-9-12-23(5)13-10-18/h7-8,15-18H,6,9-14H2,1-5H3. The second-order valence-electron chi connectivity index (χ2n) is 7.96. The first-order valence-corrected chi connectivity index (χ1v) is 9.91. The first-order chi connectivity index (χ1) is 11.9. The maximum absolute atomic E-state index is 12.7. The Morgan fingerprint density at radius 3 is 2.52 bits per heavy atom. The first-order valence-electron chi connectivity index (χ1n) is 9.91. The summed E-state index contributed by atoms with van der Waals surface area (Å²) in [7, 11) is 2.19. The molecule has 0 N–H and O–H groups in total. The zero-order valence-electron chi connectivity index (χ0n) is 16.7. The molecule has 0 spiro atoms. The monoisotopic (exact) mass is 345 g/mol. The molecule has 1 aromatic carbocycles. The number of Topliss-reactive ketones (excluding diaryl/α,β-unsaturated/α-hetero) is 1. The Hall–Kier alpha value is -1.35. The van der Waals surface area contributed by atoms with Crippen LogP contribution in [0.3, 0.4) is 0 Å². The van der Waals surface area contributed by atoms with Gasteiger partial charge in [-0.05, 0) is 75.4 Å². The third-order valence-electron chi connectivity index (χ3n) is 5.61. The number of hydrogen-bond donors (Lipinski definition) is 0. The van der Waals surface area contributed by atoms with Crippen molar-refractivity contribution in [1.82, 2.24) is 4.90 Å². The van der Waals surface area contributed by atoms with Crippen molar-refractivity contribution in [2.24, 2.45) is 11.8 Å². The number of hydrogen-bond acceptors (Lipinski definition) is 3. The van der Waals surface area contributed by atoms with Crippen LogP contribution >= 0.6 is 0 Å². The smallest absolute Gasteiger partial charge is 0.166 e. The minimum Gasteiger partial charge on any atom is -0.494 e. The van der Waals surface area contributed by atoms with Gasteiger partial charge in [0, 0.05) is 11.5 Å². The summed E-state index contributed by atoms with van der Waals surface area (Å²) in [6.07, 6.45) is 4.51. The van der Waals surface area contributed by atoms with Gasteiger partial charge in [0.2, 0.25) is 0 Å². The largest absolute Gasteiger partial charge is 0.494 e. The second kappa shape index (κ2) is 9.38. The van der Waals surface area contributed by atoms with E-state index in [2.05, 4.69) is 38.8 Å². The molecule has 0 radical (unpaired) electrons. The van der Waals surface area contributed by atoms with Crippen molar-refractivity contribution in [1.29, 1.82) is 0 Å². The molecule has 2 rings (SSSR count). The van der Waals surface area contributed by atoms with Crippen LogP contribution in [0, 0.1) is 11.8 Å². The summed E-state index contributed by atoms with van der Waals surface area (Å²) in [6, 6.07) is 6.07. The van der Waals surface area contributed by atoms with Crippen molar-refractivity contribution in [3.05, 3.63) is 29.3 Å². The quantitative estimate of drug-likeness (QED) is 0.610. The van der Waals surface area contributed by atoms with Gasteiger partial charge < -0.3 is 9.64 Å². The number of piperidine rings is 1. The number of ketones is 1. The Kier molecular flexibility index (Phi) is 7.49. The van der Waals surface area contributed by atoms with Crippen molar-refractivity contribution < 1.29 is 9.53 Å². The molecule has 1 saturated heterocycles. The molecule has 0 saturated carbocycles. The molecule has 0 aliphatic carbocycles. The molecule has 0 bridgehead atoms. The molecular formula is C22H35NO2. The van der Waals surface area contributed by atoms with Crippen LogP contribution in [-0.2, 0) is 0 Å². The lowest BCUT2D eigenvalue weighted by Crippen LogP contribution is -2.30. The van der Waals surface area contributed by atoms with Gasteiger partial charge in [-0.2, -0.15) is 0 Å². The molecule has 1 unspecified atom stereocenters. The van der Waals surface area contributed by atoms with Gasteiger partial charge in [-0.1, -0.05) is 33.8 Å². The summed E-state index contributed by atoms with van der Waals surface area (Å²) >= 11 is 0. The maximum atomic E-state index is 12.7. The Balaban J connectivity index is 2.00. The van der Waals surface area contributed by atoms with Crippen LogP contribution in [-0.4, -0.2) is 37.4 Å². The normalized spacial score (nSPS) is 17.7. The molecule has 1 atom stereocenters. The Morgan fingerprint density at radius 2 is 1.92 bits per heavy atom. The molecule has 1 aliphatic rings. The molecule has 1 aromatic rings. The molecule has 3 heteroatoms. The number of rotatable bonds is 8. The van der Waals surface area contributed by atoms with E-state index in [-0.39, 0.29) is 11.7 Å². The predicted molar refractivity (Wildman–Crippen MR) is 105 cm³/mol. The van der Waals surface area contributed by atoms with Crippen molar-refractivity contribution in [2.75, 3.05) is 26.7 Å². The molecule has 25 heavy (non-hydrogen) atoms. The Morgan fingerprint density at radius 1 is 1.24 bits per heavy atom. The van der Waals surface area contributed by atoms with Crippen molar-refractivity contribution in [2.45, 2.75) is 59.3 Å². The van der Waals surface area contributed by atoms with E-state index in [9.17, 15) is 4.79 Å². The highest BCUT2D eigenvalue weighted by molar-refractivity contribution is 5.99. The lowest BCUT2D eigenvalue weighted by molar-refractivity contribution is 0.0925. The van der Waals surface area contributed by atoms with E-state index in [1.807, 2.05) is 19.1 Å². The minimum atomic E-state index is 0.0620. The average Bonchev–Trinajstić information content (AvgIpc) is 2.61. The zero-order chi connectivity index (χ0) is 18.4. The van der Waals surface area contributed by atoms with Crippen LogP contribution < -0.4 is 4.74 Å². The molecule has 1 heterocycles. The third kappa shape index (κ3) is 5.57. The number of carbonyl (C=O) groups excluding carboxylic acids is 1. The van der Waals surface area contributed by atoms with E-state index in [4.69, 9.17) is 4.74 Å². The lowest BCUT2D eigenvalue weighted by Gasteiger charge is -2.28. The highest BCUT2D eigenvalue weighted by Gasteiger charge is 2.20. The second-order valence-corrected chi connectivity index (χ2v) is 7.96. The highest BCUT2D eigenvalue weighted by Crippen LogP contribution is 2.28. The molecular weight excluding hydrogens is 310 g/mol. The first kappa shape index (κ1) is 20.0. The fraction of sp³-hybridized carbons (Fsp3) is 0.682. The minimum absolute atomic E-state index is 0.0620. The van der Waals surface area contributed by atoms with Gasteiger partial charge in [-0.15, -0.1) is 0 Å². The van der Waals surface area contributed by atoms with Gasteiger partial charge in [0.1, 0.15) is 5.75 Å². The van der Waals surface area contributed by atoms with Crippen LogP contribution in [0.1, 0.15) is 75.2 Å². The van der Waals surface area contributed by atoms with Gasteiger partial charge in [0.25, 0.3) is 0 Å². The summed E-state index contributed by atoms with van der Waals surface area (Å²) in [5.41, 5.74) is 1.98. The van der Waals surface area contributed by atoms with Gasteiger partial charge in [0.15, 0.2) is 5.78 Å². The van der Waals surface area contributed by atoms with Gasteiger partial charge >= 0.3 is 0 Å². The van der Waals surface area contributed by atoms with Crippen molar-refractivity contribution in [3.8, 4) is 5.75 Å². The summed E-state index contributed by atoms with van der Waals surface area (Å²) in [4.78, 5) is 15.1. The van der Waals surface area contributed by atoms with Crippen molar-refractivity contribution >= 4 is 5.78 Å². The van der Waals surface area contributed by atoms with Crippen LogP contribution in [0.4, 0.5) is 0 Å². The summed E-state index contributed by atoms with van der Waals surface area (Å²) in [5.74, 6) is 2.26. The van der Waals surface area contributed by atoms with Gasteiger partial charge in [-0.3, -0.25) is 4.79 Å². The van der Waals surface area contributed by atoms with E-state index in [0.29, 0.717) is 5.92 Å². The molecule has 0 amide bonds. The van der Waals surface area contributed by atoms with Gasteiger partial charge in [-0.25, -0.2) is 0 Å². The fourth-order valence-corrected chi connectivity index (χ4v) is 3.49. The molecule has 0 aromatic heterocycles. The van der Waals surface area contributed by atoms with Gasteiger partial charge in [0.05, 0.1) is 6.61 Å². The number of likely N-dealkylation sites (tertiary alicyclic amines) is 1. The highest BCUT2D eigenvalue weighted by atomic mass is 16.5. The average molecular weight is 346 g/mol.